The zero-order valence-corrected chi connectivity index (χ0v) is 41.9. The number of halogens is 8. The third kappa shape index (κ3) is 9.11. The van der Waals surface area contributed by atoms with Gasteiger partial charge < -0.3 is 17.5 Å². The lowest BCUT2D eigenvalue weighted by Gasteiger charge is -2.41. The molecule has 0 atom stereocenters. The maximum atomic E-state index is 13.1. The van der Waals surface area contributed by atoms with Crippen LogP contribution < -0.4 is 29.4 Å². The van der Waals surface area contributed by atoms with Crippen molar-refractivity contribution in [3.8, 4) is 11.5 Å². The average molecular weight is 1010 g/mol. The molecule has 6 aromatic rings. The van der Waals surface area contributed by atoms with Crippen molar-refractivity contribution in [1.29, 1.82) is 0 Å². The molecule has 0 unspecified atom stereocenters. The molecule has 0 saturated carbocycles. The smallest absolute Gasteiger partial charge is 0.376 e. The Hall–Kier alpha value is -3.95. The number of alkyl halides is 6. The maximum Gasteiger partial charge on any atom is 0.534 e. The summed E-state index contributed by atoms with van der Waals surface area (Å²) in [6.07, 6.45) is 0. The lowest BCUT2D eigenvalue weighted by atomic mass is 10.2. The lowest BCUT2D eigenvalue weighted by Crippen LogP contribution is -2.64. The largest absolute Gasteiger partial charge is 0.534 e. The van der Waals surface area contributed by atoms with Gasteiger partial charge in [0, 0.05) is 56.6 Å². The second kappa shape index (κ2) is 18.4. The Morgan fingerprint density at radius 1 is 0.500 bits per heavy atom. The Bertz CT molecular complexity index is 2690. The predicted molar refractivity (Wildman–Crippen MR) is 250 cm³/mol. The van der Waals surface area contributed by atoms with Gasteiger partial charge in [0.05, 0.1) is 0 Å². The van der Waals surface area contributed by atoms with E-state index in [9.17, 15) is 43.2 Å². The van der Waals surface area contributed by atoms with Crippen molar-refractivity contribution in [2.75, 3.05) is 0 Å². The summed E-state index contributed by atoms with van der Waals surface area (Å²) >= 11 is 12.4. The summed E-state index contributed by atoms with van der Waals surface area (Å²) < 4.78 is 140. The molecule has 0 amide bonds. The molecule has 64 heavy (non-hydrogen) atoms. The number of aromatic nitrogens is 2. The molecule has 0 aliphatic heterocycles. The number of nitrogens with zero attached hydrogens (tertiary/aromatic N) is 2. The van der Waals surface area contributed by atoms with Crippen LogP contribution in [0.2, 0.25) is 32.2 Å². The van der Waals surface area contributed by atoms with E-state index in [4.69, 9.17) is 31.6 Å². The maximum absolute atomic E-state index is 13.1. The van der Waals surface area contributed by atoms with Gasteiger partial charge in [0.2, 0.25) is 0 Å². The van der Waals surface area contributed by atoms with Crippen LogP contribution in [0.1, 0.15) is 55.4 Å². The lowest BCUT2D eigenvalue weighted by molar-refractivity contribution is -0.0504. The minimum atomic E-state index is -5.81. The highest BCUT2D eigenvalue weighted by Gasteiger charge is 2.53. The van der Waals surface area contributed by atoms with Crippen LogP contribution in [0.3, 0.4) is 0 Å². The van der Waals surface area contributed by atoms with Crippen LogP contribution in [0.4, 0.5) is 26.3 Å². The van der Waals surface area contributed by atoms with Crippen molar-refractivity contribution in [3.05, 3.63) is 107 Å². The second-order valence-electron chi connectivity index (χ2n) is 16.9. The fraction of sp³-hybridized carbons (Fsp3) is 0.364. The quantitative estimate of drug-likeness (QED) is 0.0524. The molecule has 2 aromatic heterocycles. The van der Waals surface area contributed by atoms with E-state index in [2.05, 4.69) is 0 Å². The topological polar surface area (TPSA) is 96.6 Å². The van der Waals surface area contributed by atoms with Crippen LogP contribution in [0, 0.1) is 0 Å². The van der Waals surface area contributed by atoms with E-state index in [1.54, 1.807) is 36.4 Å². The van der Waals surface area contributed by atoms with Crippen molar-refractivity contribution >= 4 is 102 Å². The molecule has 6 rings (SSSR count). The molecule has 20 heteroatoms. The van der Waals surface area contributed by atoms with Crippen LogP contribution in [0.25, 0.3) is 21.8 Å². The number of para-hydroxylation sites is 2. The fourth-order valence-electron chi connectivity index (χ4n) is 9.56. The van der Waals surface area contributed by atoms with E-state index in [-0.39, 0.29) is 33.7 Å². The van der Waals surface area contributed by atoms with Gasteiger partial charge in [-0.15, -0.1) is 0 Å². The van der Waals surface area contributed by atoms with Gasteiger partial charge in [-0.3, -0.25) is 0 Å². The summed E-state index contributed by atoms with van der Waals surface area (Å²) in [6, 6.07) is 27.4. The number of benzene rings is 4. The average Bonchev–Trinajstić information content (AvgIpc) is 3.66. The third-order valence-corrected chi connectivity index (χ3v) is 27.1. The molecule has 8 nitrogen and oxygen atoms in total. The molecule has 0 radical (unpaired) electrons. The molecule has 0 spiro atoms. The van der Waals surface area contributed by atoms with Crippen LogP contribution >= 0.6 is 23.2 Å². The summed E-state index contributed by atoms with van der Waals surface area (Å²) in [5.74, 6) is -0.552. The number of rotatable bonds is 12. The first-order chi connectivity index (χ1) is 29.5. The van der Waals surface area contributed by atoms with Gasteiger partial charge in [-0.1, -0.05) is 115 Å². The highest BCUT2D eigenvalue weighted by atomic mass is 35.5. The summed E-state index contributed by atoms with van der Waals surface area (Å²) in [7, 11) is -13.6. The molecular formula is C44H50Cl2F6N2O6S2Si2. The van der Waals surface area contributed by atoms with Gasteiger partial charge in [-0.2, -0.15) is 43.2 Å². The molecule has 0 fully saturated rings. The van der Waals surface area contributed by atoms with Crippen molar-refractivity contribution in [1.82, 2.24) is 9.13 Å². The van der Waals surface area contributed by atoms with Crippen molar-refractivity contribution in [2.45, 2.75) is 88.6 Å². The molecule has 0 saturated heterocycles. The van der Waals surface area contributed by atoms with E-state index in [1.165, 1.54) is 24.3 Å². The minimum Gasteiger partial charge on any atom is -0.376 e. The first-order valence-electron chi connectivity index (χ1n) is 20.2. The SMILES string of the molecule is CC(C)[Si](c1ccccc1OS(=O)(=O)C(F)(F)F)(c1cc2cc(Cl)ccc2n1C)C(C)C.CC(C)[Si](c1ccccc1OS(=O)(=O)C(F)(F)F)(c1cc2cc(Cl)ccc2n1C)C(C)C. The van der Waals surface area contributed by atoms with E-state index >= 15 is 0 Å². The molecule has 4 aromatic carbocycles. The van der Waals surface area contributed by atoms with Crippen LogP contribution in [-0.4, -0.2) is 53.1 Å². The summed E-state index contributed by atoms with van der Waals surface area (Å²) in [4.78, 5) is 0. The fourth-order valence-corrected chi connectivity index (χ4v) is 23.1. The van der Waals surface area contributed by atoms with E-state index in [1.807, 2.05) is 115 Å². The molecule has 2 heterocycles. The van der Waals surface area contributed by atoms with Crippen molar-refractivity contribution in [2.24, 2.45) is 14.1 Å². The minimum absolute atomic E-state index is 0.0133. The number of fused-ring (bicyclic) bond motifs is 2. The Balaban J connectivity index is 0.000000241. The highest BCUT2D eigenvalue weighted by Crippen LogP contribution is 2.39. The first kappa shape index (κ1) is 51.0. The van der Waals surface area contributed by atoms with Gasteiger partial charge in [0.15, 0.2) is 0 Å². The molecule has 0 aliphatic carbocycles. The van der Waals surface area contributed by atoms with Crippen LogP contribution in [0.5, 0.6) is 11.5 Å². The third-order valence-electron chi connectivity index (χ3n) is 12.1. The number of hydrogen-bond acceptors (Lipinski definition) is 6. The van der Waals surface area contributed by atoms with Gasteiger partial charge in [-0.05, 0) is 93.2 Å². The molecule has 0 bridgehead atoms. The summed E-state index contributed by atoms with van der Waals surface area (Å²) in [6.45, 7) is 16.2. The Morgan fingerprint density at radius 2 is 0.797 bits per heavy atom. The Kier molecular flexibility index (Phi) is 14.7. The standard InChI is InChI=1S/2C22H25ClF3NO3SSi/c2*1-14(2)32(15(3)4,21-13-16-12-17(23)10-11-18(16)27(21)5)20-9-7-6-8-19(20)30-31(28,29)22(24,25)26/h2*6-15H,1-5H3. The van der Waals surface area contributed by atoms with Crippen LogP contribution in [0.15, 0.2) is 97.1 Å². The van der Waals surface area contributed by atoms with Crippen LogP contribution in [-0.2, 0) is 34.3 Å². The van der Waals surface area contributed by atoms with Gasteiger partial charge >= 0.3 is 31.3 Å². The van der Waals surface area contributed by atoms with E-state index < -0.39 is 47.4 Å². The number of hydrogen-bond donors (Lipinski definition) is 0. The predicted octanol–water partition coefficient (Wildman–Crippen LogP) is 10.9. The zero-order chi connectivity index (χ0) is 48.1. The summed E-state index contributed by atoms with van der Waals surface area (Å²) in [5.41, 5.74) is -9.11. The zero-order valence-electron chi connectivity index (χ0n) is 36.7. The molecular weight excluding hydrogens is 958 g/mol. The number of aryl methyl sites for hydroxylation is 2. The molecule has 0 N–H and O–H groups in total. The molecule has 0 aliphatic rings. The van der Waals surface area contributed by atoms with Gasteiger partial charge in [-0.25, -0.2) is 0 Å². The summed E-state index contributed by atoms with van der Waals surface area (Å²) in [5, 5.41) is 5.92. The van der Waals surface area contributed by atoms with E-state index in [0.717, 1.165) is 32.4 Å². The van der Waals surface area contributed by atoms with Crippen molar-refractivity contribution in [3.63, 3.8) is 0 Å². The van der Waals surface area contributed by atoms with Gasteiger partial charge in [0.1, 0.15) is 27.6 Å². The Labute approximate surface area is 382 Å². The monoisotopic (exact) mass is 1010 g/mol. The van der Waals surface area contributed by atoms with Crippen molar-refractivity contribution < 1.29 is 51.5 Å². The van der Waals surface area contributed by atoms with Gasteiger partial charge in [0.25, 0.3) is 0 Å². The first-order valence-corrected chi connectivity index (χ1v) is 28.1. The highest BCUT2D eigenvalue weighted by molar-refractivity contribution is 7.88. The molecule has 348 valence electrons. The Morgan fingerprint density at radius 3 is 1.08 bits per heavy atom. The van der Waals surface area contributed by atoms with E-state index in [0.29, 0.717) is 20.4 Å². The second-order valence-corrected chi connectivity index (χ2v) is 31.0. The normalized spacial score (nSPS) is 13.3.